The normalized spacial score (nSPS) is 15.3. The van der Waals surface area contributed by atoms with Crippen LogP contribution >= 0.6 is 0 Å². The first-order valence-corrected chi connectivity index (χ1v) is 10.0. The molecular formula is C22H29N3O4. The minimum atomic E-state index is -0.830. The Hall–Kier alpha value is -2.83. The standard InChI is InChI=1S/C22H29N3O4/c1-22(2,3)29-21(28)24-10-8-17(9-11-24)14-25-15-19(13-23-25)18-6-4-16(5-7-18)12-20(26)27/h4-7,13,15,17H,8-12,14H2,1-3H3,(H,26,27). The molecule has 0 spiro atoms. The largest absolute Gasteiger partial charge is 0.481 e. The fraction of sp³-hybridized carbons (Fsp3) is 0.500. The van der Waals surface area contributed by atoms with Crippen LogP contribution in [0.4, 0.5) is 4.79 Å². The van der Waals surface area contributed by atoms with Gasteiger partial charge in [-0.05, 0) is 50.7 Å². The van der Waals surface area contributed by atoms with Crippen LogP contribution in [0.2, 0.25) is 0 Å². The number of carbonyl (C=O) groups is 2. The van der Waals surface area contributed by atoms with E-state index in [9.17, 15) is 9.59 Å². The van der Waals surface area contributed by atoms with Gasteiger partial charge in [-0.2, -0.15) is 5.10 Å². The van der Waals surface area contributed by atoms with Crippen molar-refractivity contribution in [2.75, 3.05) is 13.1 Å². The van der Waals surface area contributed by atoms with Crippen molar-refractivity contribution in [3.63, 3.8) is 0 Å². The quantitative estimate of drug-likeness (QED) is 0.826. The highest BCUT2D eigenvalue weighted by Crippen LogP contribution is 2.23. The highest BCUT2D eigenvalue weighted by molar-refractivity contribution is 5.71. The molecule has 1 fully saturated rings. The Labute approximate surface area is 171 Å². The smallest absolute Gasteiger partial charge is 0.410 e. The van der Waals surface area contributed by atoms with Gasteiger partial charge in [0.05, 0.1) is 12.6 Å². The number of piperidine rings is 1. The van der Waals surface area contributed by atoms with Gasteiger partial charge in [-0.3, -0.25) is 9.48 Å². The summed E-state index contributed by atoms with van der Waals surface area (Å²) in [6, 6.07) is 7.54. The molecule has 0 unspecified atom stereocenters. The molecule has 1 aromatic carbocycles. The van der Waals surface area contributed by atoms with E-state index in [2.05, 4.69) is 5.10 Å². The number of ether oxygens (including phenoxy) is 1. The summed E-state index contributed by atoms with van der Waals surface area (Å²) in [4.78, 5) is 24.8. The zero-order valence-electron chi connectivity index (χ0n) is 17.3. The number of amides is 1. The van der Waals surface area contributed by atoms with E-state index in [1.165, 1.54) is 0 Å². The predicted molar refractivity (Wildman–Crippen MR) is 110 cm³/mol. The Morgan fingerprint density at radius 1 is 1.14 bits per heavy atom. The Bertz CT molecular complexity index is 844. The van der Waals surface area contributed by atoms with Crippen molar-refractivity contribution in [3.05, 3.63) is 42.2 Å². The molecule has 0 saturated carbocycles. The number of nitrogens with zero attached hydrogens (tertiary/aromatic N) is 3. The molecule has 0 radical (unpaired) electrons. The molecule has 3 rings (SSSR count). The van der Waals surface area contributed by atoms with Crippen molar-refractivity contribution in [2.24, 2.45) is 5.92 Å². The van der Waals surface area contributed by atoms with Crippen LogP contribution in [0.15, 0.2) is 36.7 Å². The molecule has 1 N–H and O–H groups in total. The van der Waals surface area contributed by atoms with Gasteiger partial charge in [0.15, 0.2) is 0 Å². The molecule has 2 aromatic rings. The molecule has 2 heterocycles. The van der Waals surface area contributed by atoms with Gasteiger partial charge in [0.1, 0.15) is 5.60 Å². The van der Waals surface area contributed by atoms with Crippen molar-refractivity contribution >= 4 is 12.1 Å². The molecule has 0 aliphatic carbocycles. The number of aromatic nitrogens is 2. The molecule has 7 nitrogen and oxygen atoms in total. The topological polar surface area (TPSA) is 84.7 Å². The second-order valence-corrected chi connectivity index (χ2v) is 8.63. The van der Waals surface area contributed by atoms with E-state index in [4.69, 9.17) is 9.84 Å². The third kappa shape index (κ3) is 6.07. The molecule has 156 valence electrons. The SMILES string of the molecule is CC(C)(C)OC(=O)N1CCC(Cn2cc(-c3ccc(CC(=O)O)cc3)cn2)CC1. The van der Waals surface area contributed by atoms with E-state index in [0.29, 0.717) is 19.0 Å². The zero-order chi connectivity index (χ0) is 21.0. The van der Waals surface area contributed by atoms with Gasteiger partial charge in [0, 0.05) is 31.4 Å². The van der Waals surface area contributed by atoms with Crippen molar-refractivity contribution < 1.29 is 19.4 Å². The molecule has 1 aromatic heterocycles. The minimum absolute atomic E-state index is 0.0293. The average molecular weight is 399 g/mol. The number of rotatable bonds is 5. The lowest BCUT2D eigenvalue weighted by atomic mass is 9.97. The lowest BCUT2D eigenvalue weighted by Gasteiger charge is -2.33. The number of aliphatic carboxylic acids is 1. The maximum atomic E-state index is 12.2. The molecular weight excluding hydrogens is 370 g/mol. The number of carboxylic acids is 1. The van der Waals surface area contributed by atoms with E-state index in [0.717, 1.165) is 36.1 Å². The van der Waals surface area contributed by atoms with E-state index in [-0.39, 0.29) is 12.5 Å². The van der Waals surface area contributed by atoms with Crippen molar-refractivity contribution in [2.45, 2.75) is 52.2 Å². The van der Waals surface area contributed by atoms with Crippen LogP contribution in [-0.2, 0) is 22.5 Å². The minimum Gasteiger partial charge on any atom is -0.481 e. The van der Waals surface area contributed by atoms with Crippen LogP contribution in [0.3, 0.4) is 0 Å². The highest BCUT2D eigenvalue weighted by atomic mass is 16.6. The van der Waals surface area contributed by atoms with Crippen LogP contribution in [0.25, 0.3) is 11.1 Å². The van der Waals surface area contributed by atoms with Gasteiger partial charge in [-0.25, -0.2) is 4.79 Å². The maximum absolute atomic E-state index is 12.2. The number of hydrogen-bond acceptors (Lipinski definition) is 4. The van der Waals surface area contributed by atoms with Crippen LogP contribution in [-0.4, -0.2) is 50.5 Å². The zero-order valence-corrected chi connectivity index (χ0v) is 17.3. The van der Waals surface area contributed by atoms with Gasteiger partial charge in [0.2, 0.25) is 0 Å². The molecule has 7 heteroatoms. The summed E-state index contributed by atoms with van der Waals surface area (Å²) >= 11 is 0. The van der Waals surface area contributed by atoms with E-state index >= 15 is 0 Å². The van der Waals surface area contributed by atoms with Gasteiger partial charge in [-0.15, -0.1) is 0 Å². The highest BCUT2D eigenvalue weighted by Gasteiger charge is 2.27. The van der Waals surface area contributed by atoms with E-state index in [1.807, 2.05) is 62.1 Å². The third-order valence-corrected chi connectivity index (χ3v) is 4.99. The first-order valence-electron chi connectivity index (χ1n) is 10.0. The molecule has 1 saturated heterocycles. The second kappa shape index (κ2) is 8.68. The lowest BCUT2D eigenvalue weighted by molar-refractivity contribution is -0.136. The van der Waals surface area contributed by atoms with Gasteiger partial charge < -0.3 is 14.7 Å². The first kappa shape index (κ1) is 20.9. The number of benzene rings is 1. The molecule has 0 atom stereocenters. The van der Waals surface area contributed by atoms with Crippen LogP contribution < -0.4 is 0 Å². The fourth-order valence-electron chi connectivity index (χ4n) is 3.49. The summed E-state index contributed by atoms with van der Waals surface area (Å²) in [6.07, 6.45) is 5.51. The summed E-state index contributed by atoms with van der Waals surface area (Å²) in [5.74, 6) is -0.359. The Morgan fingerprint density at radius 3 is 2.38 bits per heavy atom. The summed E-state index contributed by atoms with van der Waals surface area (Å²) in [5, 5.41) is 13.3. The van der Waals surface area contributed by atoms with Gasteiger partial charge in [0.25, 0.3) is 0 Å². The van der Waals surface area contributed by atoms with E-state index in [1.54, 1.807) is 4.90 Å². The number of likely N-dealkylation sites (tertiary alicyclic amines) is 1. The third-order valence-electron chi connectivity index (χ3n) is 4.99. The van der Waals surface area contributed by atoms with Crippen molar-refractivity contribution in [1.29, 1.82) is 0 Å². The Kier molecular flexibility index (Phi) is 6.25. The summed E-state index contributed by atoms with van der Waals surface area (Å²) in [7, 11) is 0. The fourth-order valence-corrected chi connectivity index (χ4v) is 3.49. The van der Waals surface area contributed by atoms with Crippen LogP contribution in [0, 0.1) is 5.92 Å². The number of carbonyl (C=O) groups excluding carboxylic acids is 1. The average Bonchev–Trinajstić information content (AvgIpc) is 3.09. The molecule has 1 aliphatic rings. The molecule has 1 amide bonds. The first-order chi connectivity index (χ1) is 13.7. The maximum Gasteiger partial charge on any atom is 0.410 e. The predicted octanol–water partition coefficient (Wildman–Crippen LogP) is 3.82. The summed E-state index contributed by atoms with van der Waals surface area (Å²) in [6.45, 7) is 7.88. The molecule has 1 aliphatic heterocycles. The van der Waals surface area contributed by atoms with Gasteiger partial charge >= 0.3 is 12.1 Å². The molecule has 29 heavy (non-hydrogen) atoms. The van der Waals surface area contributed by atoms with Crippen molar-refractivity contribution in [1.82, 2.24) is 14.7 Å². The molecule has 0 bridgehead atoms. The Morgan fingerprint density at radius 2 is 1.79 bits per heavy atom. The van der Waals surface area contributed by atoms with E-state index < -0.39 is 11.6 Å². The Balaban J connectivity index is 1.52. The van der Waals surface area contributed by atoms with Crippen LogP contribution in [0.1, 0.15) is 39.2 Å². The number of hydrogen-bond donors (Lipinski definition) is 1. The number of carboxylic acid groups (broad SMARTS) is 1. The second-order valence-electron chi connectivity index (χ2n) is 8.63. The van der Waals surface area contributed by atoms with Crippen LogP contribution in [0.5, 0.6) is 0 Å². The summed E-state index contributed by atoms with van der Waals surface area (Å²) in [5.41, 5.74) is 2.35. The lowest BCUT2D eigenvalue weighted by Crippen LogP contribution is -2.42. The van der Waals surface area contributed by atoms with Crippen molar-refractivity contribution in [3.8, 4) is 11.1 Å². The van der Waals surface area contributed by atoms with Gasteiger partial charge in [-0.1, -0.05) is 24.3 Å². The summed E-state index contributed by atoms with van der Waals surface area (Å²) < 4.78 is 7.40. The monoisotopic (exact) mass is 399 g/mol.